The van der Waals surface area contributed by atoms with E-state index in [1.165, 1.54) is 32.1 Å². The molecule has 0 saturated heterocycles. The maximum absolute atomic E-state index is 3.81. The first-order chi connectivity index (χ1) is 5.24. The van der Waals surface area contributed by atoms with Gasteiger partial charge in [-0.3, -0.25) is 0 Å². The Morgan fingerprint density at radius 2 is 2.45 bits per heavy atom. The average molecular weight is 150 g/mol. The van der Waals surface area contributed by atoms with E-state index in [2.05, 4.69) is 19.6 Å². The Kier molecular flexibility index (Phi) is 1.59. The van der Waals surface area contributed by atoms with E-state index in [0.717, 1.165) is 17.3 Å². The molecule has 0 N–H and O–H groups in total. The van der Waals surface area contributed by atoms with E-state index in [1.807, 2.05) is 0 Å². The normalized spacial score (nSPS) is 48.1. The first-order valence-corrected chi connectivity index (χ1v) is 4.85. The van der Waals surface area contributed by atoms with E-state index in [1.54, 1.807) is 0 Å². The van der Waals surface area contributed by atoms with Gasteiger partial charge in [-0.25, -0.2) is 0 Å². The predicted molar refractivity (Wildman–Crippen MR) is 48.4 cm³/mol. The van der Waals surface area contributed by atoms with Crippen LogP contribution in [0.5, 0.6) is 0 Å². The minimum absolute atomic E-state index is 0.789. The summed E-state index contributed by atoms with van der Waals surface area (Å²) in [6.45, 7) is 6.27. The van der Waals surface area contributed by atoms with E-state index in [4.69, 9.17) is 0 Å². The zero-order valence-corrected chi connectivity index (χ0v) is 7.47. The second-order valence-electron chi connectivity index (χ2n) is 4.72. The number of allylic oxidation sites excluding steroid dienone is 1. The molecule has 0 aromatic carbocycles. The molecule has 0 aromatic heterocycles. The van der Waals surface area contributed by atoms with Crippen molar-refractivity contribution < 1.29 is 0 Å². The van der Waals surface area contributed by atoms with Crippen molar-refractivity contribution >= 4 is 0 Å². The summed E-state index contributed by atoms with van der Waals surface area (Å²) in [5, 5.41) is 0. The van der Waals surface area contributed by atoms with Gasteiger partial charge in [-0.1, -0.05) is 13.0 Å². The third-order valence-corrected chi connectivity index (χ3v) is 3.78. The van der Waals surface area contributed by atoms with Crippen LogP contribution in [0.1, 0.15) is 39.0 Å². The monoisotopic (exact) mass is 150 g/mol. The van der Waals surface area contributed by atoms with Crippen LogP contribution in [-0.2, 0) is 0 Å². The van der Waals surface area contributed by atoms with Gasteiger partial charge in [0.1, 0.15) is 0 Å². The van der Waals surface area contributed by atoms with Crippen LogP contribution in [0.25, 0.3) is 0 Å². The van der Waals surface area contributed by atoms with E-state index in [9.17, 15) is 0 Å². The summed E-state index contributed by atoms with van der Waals surface area (Å²) in [6, 6.07) is 0. The van der Waals surface area contributed by atoms with Gasteiger partial charge >= 0.3 is 0 Å². The molecule has 11 heavy (non-hydrogen) atoms. The average Bonchev–Trinajstić information content (AvgIpc) is 2.61. The summed E-state index contributed by atoms with van der Waals surface area (Å²) in [5.41, 5.74) is 0.789. The fraction of sp³-hybridized carbons (Fsp3) is 0.818. The van der Waals surface area contributed by atoms with E-state index in [0.29, 0.717) is 0 Å². The SMILES string of the molecule is C=CC[C@@H]1CC[C@]2(C)C[C@H]2C1. The van der Waals surface area contributed by atoms with Gasteiger partial charge in [0.25, 0.3) is 0 Å². The van der Waals surface area contributed by atoms with Gasteiger partial charge in [0.05, 0.1) is 0 Å². The van der Waals surface area contributed by atoms with Crippen LogP contribution in [0.4, 0.5) is 0 Å². The lowest BCUT2D eigenvalue weighted by Gasteiger charge is -2.24. The molecule has 2 saturated carbocycles. The van der Waals surface area contributed by atoms with Crippen molar-refractivity contribution in [2.45, 2.75) is 39.0 Å². The van der Waals surface area contributed by atoms with Gasteiger partial charge in [-0.2, -0.15) is 0 Å². The summed E-state index contributed by atoms with van der Waals surface area (Å²) in [6.07, 6.45) is 9.29. The highest BCUT2D eigenvalue weighted by molar-refractivity contribution is 5.03. The highest BCUT2D eigenvalue weighted by Crippen LogP contribution is 2.62. The molecule has 0 unspecified atom stereocenters. The second-order valence-corrected chi connectivity index (χ2v) is 4.72. The zero-order valence-electron chi connectivity index (χ0n) is 7.47. The number of rotatable bonds is 2. The molecule has 2 aliphatic carbocycles. The van der Waals surface area contributed by atoms with E-state index in [-0.39, 0.29) is 0 Å². The second kappa shape index (κ2) is 2.36. The fourth-order valence-corrected chi connectivity index (χ4v) is 2.68. The summed E-state index contributed by atoms with van der Waals surface area (Å²) < 4.78 is 0. The highest BCUT2D eigenvalue weighted by atomic mass is 14.6. The lowest BCUT2D eigenvalue weighted by molar-refractivity contribution is 0.281. The predicted octanol–water partition coefficient (Wildman–Crippen LogP) is 3.39. The minimum atomic E-state index is 0.789. The Morgan fingerprint density at radius 1 is 1.64 bits per heavy atom. The van der Waals surface area contributed by atoms with Crippen LogP contribution in [0.15, 0.2) is 12.7 Å². The molecule has 3 atom stereocenters. The standard InChI is InChI=1S/C11H18/c1-3-4-9-5-6-11(2)8-10(11)7-9/h3,9-10H,1,4-8H2,2H3/t9-,10-,11-/m1/s1. The maximum Gasteiger partial charge on any atom is -0.0294 e. The van der Waals surface area contributed by atoms with Crippen molar-refractivity contribution in [2.24, 2.45) is 17.3 Å². The van der Waals surface area contributed by atoms with Gasteiger partial charge in [0, 0.05) is 0 Å². The number of fused-ring (bicyclic) bond motifs is 1. The van der Waals surface area contributed by atoms with Gasteiger partial charge < -0.3 is 0 Å². The number of hydrogen-bond acceptors (Lipinski definition) is 0. The molecule has 0 aromatic rings. The molecule has 0 radical (unpaired) electrons. The largest absolute Gasteiger partial charge is 0.103 e. The molecule has 2 fully saturated rings. The molecule has 0 nitrogen and oxygen atoms in total. The topological polar surface area (TPSA) is 0 Å². The van der Waals surface area contributed by atoms with Crippen molar-refractivity contribution in [3.63, 3.8) is 0 Å². The van der Waals surface area contributed by atoms with Crippen LogP contribution in [-0.4, -0.2) is 0 Å². The summed E-state index contributed by atoms with van der Waals surface area (Å²) in [5.74, 6) is 2.06. The Morgan fingerprint density at radius 3 is 3.09 bits per heavy atom. The molecule has 0 spiro atoms. The molecular weight excluding hydrogens is 132 g/mol. The summed E-state index contributed by atoms with van der Waals surface area (Å²) in [4.78, 5) is 0. The molecule has 2 aliphatic rings. The molecule has 0 amide bonds. The Hall–Kier alpha value is -0.260. The molecule has 0 bridgehead atoms. The summed E-state index contributed by atoms with van der Waals surface area (Å²) >= 11 is 0. The Bertz CT molecular complexity index is 171. The van der Waals surface area contributed by atoms with Crippen LogP contribution in [0, 0.1) is 17.3 Å². The van der Waals surface area contributed by atoms with Gasteiger partial charge in [0.15, 0.2) is 0 Å². The van der Waals surface area contributed by atoms with E-state index >= 15 is 0 Å². The van der Waals surface area contributed by atoms with Crippen LogP contribution >= 0.6 is 0 Å². The quantitative estimate of drug-likeness (QED) is 0.529. The maximum atomic E-state index is 3.81. The van der Waals surface area contributed by atoms with Gasteiger partial charge in [-0.05, 0) is 49.4 Å². The molecule has 62 valence electrons. The van der Waals surface area contributed by atoms with Crippen LogP contribution in [0.2, 0.25) is 0 Å². The fourth-order valence-electron chi connectivity index (χ4n) is 2.68. The Labute approximate surface area is 69.7 Å². The summed E-state index contributed by atoms with van der Waals surface area (Å²) in [7, 11) is 0. The molecular formula is C11H18. The lowest BCUT2D eigenvalue weighted by atomic mass is 9.81. The first kappa shape index (κ1) is 7.39. The van der Waals surface area contributed by atoms with E-state index < -0.39 is 0 Å². The molecule has 2 rings (SSSR count). The Balaban J connectivity index is 1.88. The van der Waals surface area contributed by atoms with Crippen LogP contribution in [0.3, 0.4) is 0 Å². The molecule has 0 heteroatoms. The van der Waals surface area contributed by atoms with Crippen molar-refractivity contribution in [1.29, 1.82) is 0 Å². The third kappa shape index (κ3) is 1.23. The van der Waals surface area contributed by atoms with Crippen molar-refractivity contribution in [3.8, 4) is 0 Å². The van der Waals surface area contributed by atoms with Crippen molar-refractivity contribution in [3.05, 3.63) is 12.7 Å². The smallest absolute Gasteiger partial charge is 0.0294 e. The van der Waals surface area contributed by atoms with Crippen LogP contribution < -0.4 is 0 Å². The lowest BCUT2D eigenvalue weighted by Crippen LogP contribution is -2.13. The highest BCUT2D eigenvalue weighted by Gasteiger charge is 2.52. The van der Waals surface area contributed by atoms with Gasteiger partial charge in [-0.15, -0.1) is 6.58 Å². The molecule has 0 heterocycles. The van der Waals surface area contributed by atoms with Gasteiger partial charge in [0.2, 0.25) is 0 Å². The first-order valence-electron chi connectivity index (χ1n) is 4.85. The van der Waals surface area contributed by atoms with Crippen molar-refractivity contribution in [1.82, 2.24) is 0 Å². The minimum Gasteiger partial charge on any atom is -0.103 e. The molecule has 0 aliphatic heterocycles. The third-order valence-electron chi connectivity index (χ3n) is 3.78. The zero-order chi connectivity index (χ0) is 7.90. The number of hydrogen-bond donors (Lipinski definition) is 0. The van der Waals surface area contributed by atoms with Crippen molar-refractivity contribution in [2.75, 3.05) is 0 Å².